The van der Waals surface area contributed by atoms with Gasteiger partial charge in [0, 0.05) is 22.6 Å². The van der Waals surface area contributed by atoms with Crippen molar-refractivity contribution in [2.24, 2.45) is 0 Å². The van der Waals surface area contributed by atoms with Gasteiger partial charge in [-0.2, -0.15) is 18.2 Å². The maximum absolute atomic E-state index is 15.5. The van der Waals surface area contributed by atoms with E-state index in [2.05, 4.69) is 4.98 Å². The Morgan fingerprint density at radius 2 is 1.12 bits per heavy atom. The highest BCUT2D eigenvalue weighted by atomic mass is 32.2. The van der Waals surface area contributed by atoms with E-state index in [0.29, 0.717) is 10.5 Å². The molecule has 0 saturated carbocycles. The maximum atomic E-state index is 15.5. The van der Waals surface area contributed by atoms with Crippen LogP contribution in [0, 0.1) is 5.82 Å². The number of alkyl halides is 3. The molecule has 1 aliphatic rings. The number of thioether (sulfide) groups is 1. The summed E-state index contributed by atoms with van der Waals surface area (Å²) < 4.78 is 56.9. The molecule has 288 valence electrons. The summed E-state index contributed by atoms with van der Waals surface area (Å²) in [5.41, 5.74) is -11.3. The molecule has 0 unspecified atom stereocenters. The van der Waals surface area contributed by atoms with Crippen molar-refractivity contribution in [1.29, 1.82) is 0 Å². The monoisotopic (exact) mass is 866 g/mol. The standard InChI is InChI=1S/C36H18B20F4N4O2S/c1-3-62(4-2)35(53,54)36(55,56)64(32(49,50)16-23(41)19(37)14(20(38)24(16)42)15-21(39)25(43)17(33(58,59)60)26(44)22(15)40)13(65)9-63-27-18(30(45,46)34(51,52)31(27,47)48)28(66)61-29(63)67-10-11-5-7-12(57)8-6-11/h5-8H,3-4,9-10H2,1-2H3. The van der Waals surface area contributed by atoms with Crippen LogP contribution in [0.15, 0.2) is 34.2 Å². The van der Waals surface area contributed by atoms with Gasteiger partial charge in [0.1, 0.15) is 75.1 Å². The number of aromatic nitrogens is 2. The smallest absolute Gasteiger partial charge is 0.360 e. The SMILES string of the molecule is [B]c1c([B])c(C(F)(F)F)c([B])c([B])c1-c1c([B])c([B])c(C([B])([B])N(C(=O)Cn2c(SCc3ccc(F)cc3)nc(=O)c3c2C([B])([B])C([B])([B])C3([B])[B])C([B])([B])C([B])([B])N(CC)CC)c([B])c1[B]. The van der Waals surface area contributed by atoms with Gasteiger partial charge in [-0.3, -0.25) is 9.59 Å². The summed E-state index contributed by atoms with van der Waals surface area (Å²) in [6.07, 6.45) is -5.12. The lowest BCUT2D eigenvalue weighted by Crippen LogP contribution is -2.78. The van der Waals surface area contributed by atoms with E-state index in [1.165, 1.54) is 29.2 Å². The molecule has 0 atom stereocenters. The fraction of sp³-hybridized carbons (Fsp3) is 0.361. The van der Waals surface area contributed by atoms with E-state index in [4.69, 9.17) is 157 Å². The van der Waals surface area contributed by atoms with Crippen LogP contribution in [-0.2, 0) is 39.0 Å². The molecule has 0 bridgehead atoms. The fourth-order valence-corrected chi connectivity index (χ4v) is 9.16. The van der Waals surface area contributed by atoms with E-state index in [1.807, 2.05) is 0 Å². The maximum Gasteiger partial charge on any atom is 0.415 e. The number of likely N-dealkylation sites (N-methyl/N-ethyl adjacent to an activating group) is 1. The van der Waals surface area contributed by atoms with E-state index in [-0.39, 0.29) is 24.0 Å². The zero-order chi connectivity index (χ0) is 51.3. The highest BCUT2D eigenvalue weighted by molar-refractivity contribution is 7.98. The van der Waals surface area contributed by atoms with Crippen molar-refractivity contribution in [3.8, 4) is 11.1 Å². The second-order valence-corrected chi connectivity index (χ2v) is 17.2. The molecule has 0 spiro atoms. The Hall–Kier alpha value is -2.66. The third-order valence-electron chi connectivity index (χ3n) is 12.1. The molecule has 31 heteroatoms. The van der Waals surface area contributed by atoms with Gasteiger partial charge in [-0.05, 0) is 57.9 Å². The van der Waals surface area contributed by atoms with Crippen molar-refractivity contribution in [3.05, 3.63) is 68.4 Å². The van der Waals surface area contributed by atoms with Crippen molar-refractivity contribution in [2.75, 3.05) is 13.1 Å². The first-order valence-corrected chi connectivity index (χ1v) is 20.6. The van der Waals surface area contributed by atoms with Crippen molar-refractivity contribution in [2.45, 2.75) is 69.1 Å². The van der Waals surface area contributed by atoms with Crippen LogP contribution >= 0.6 is 11.8 Å². The number of carbonyl (C=O) groups is 1. The van der Waals surface area contributed by atoms with Gasteiger partial charge in [-0.1, -0.05) is 97.4 Å². The minimum Gasteiger partial charge on any atom is -0.360 e. The summed E-state index contributed by atoms with van der Waals surface area (Å²) in [4.78, 5) is 35.1. The molecule has 3 aromatic carbocycles. The lowest BCUT2D eigenvalue weighted by atomic mass is 9.20. The quantitative estimate of drug-likeness (QED) is 0.0580. The van der Waals surface area contributed by atoms with Crippen LogP contribution in [0.1, 0.15) is 41.8 Å². The number of fused-ring (bicyclic) bond motifs is 1. The van der Waals surface area contributed by atoms with Crippen molar-refractivity contribution < 1.29 is 22.4 Å². The molecule has 40 radical (unpaired) electrons. The highest BCUT2D eigenvalue weighted by Crippen LogP contribution is 2.57. The van der Waals surface area contributed by atoms with Crippen LogP contribution in [0.25, 0.3) is 11.1 Å². The normalized spacial score (nSPS) is 15.6. The van der Waals surface area contributed by atoms with Crippen LogP contribution in [0.5, 0.6) is 0 Å². The number of rotatable bonds is 13. The van der Waals surface area contributed by atoms with E-state index < -0.39 is 139 Å². The number of benzene rings is 3. The van der Waals surface area contributed by atoms with Gasteiger partial charge < -0.3 is 14.4 Å². The molecule has 1 aliphatic carbocycles. The first-order chi connectivity index (χ1) is 30.4. The van der Waals surface area contributed by atoms with Crippen LogP contribution < -0.4 is 49.3 Å². The second kappa shape index (κ2) is 18.5. The number of nitrogens with zero attached hydrogens (tertiary/aromatic N) is 4. The molecule has 0 fully saturated rings. The minimum atomic E-state index is -5.12. The molecular formula is C36H18B20F4N4O2S. The zero-order valence-corrected chi connectivity index (χ0v) is 37.0. The molecule has 0 aliphatic heterocycles. The molecule has 67 heavy (non-hydrogen) atoms. The minimum absolute atomic E-state index is 0.0341. The van der Waals surface area contributed by atoms with Gasteiger partial charge in [0.2, 0.25) is 5.91 Å². The van der Waals surface area contributed by atoms with Gasteiger partial charge in [0.15, 0.2) is 5.16 Å². The van der Waals surface area contributed by atoms with E-state index in [9.17, 15) is 22.4 Å². The molecule has 0 saturated heterocycles. The van der Waals surface area contributed by atoms with Crippen LogP contribution in [0.4, 0.5) is 17.6 Å². The molecular weight excluding hydrogens is 845 g/mol. The molecule has 1 aromatic heterocycles. The molecule has 0 N–H and O–H groups in total. The van der Waals surface area contributed by atoms with E-state index in [1.54, 1.807) is 13.8 Å². The Balaban J connectivity index is 1.84. The van der Waals surface area contributed by atoms with E-state index >= 15 is 4.79 Å². The largest absolute Gasteiger partial charge is 0.415 e. The Morgan fingerprint density at radius 1 is 0.687 bits per heavy atom. The molecule has 1 amide bonds. The first-order valence-electron chi connectivity index (χ1n) is 19.6. The molecule has 4 aromatic rings. The zero-order valence-electron chi connectivity index (χ0n) is 36.2. The topological polar surface area (TPSA) is 58.4 Å². The summed E-state index contributed by atoms with van der Waals surface area (Å²) in [5.74, 6) is -1.93. The van der Waals surface area contributed by atoms with Gasteiger partial charge in [0.25, 0.3) is 5.56 Å². The summed E-state index contributed by atoms with van der Waals surface area (Å²) in [6, 6.07) is 5.21. The molecule has 1 heterocycles. The van der Waals surface area contributed by atoms with Gasteiger partial charge in [0.05, 0.1) is 94.2 Å². The number of hydrogen-bond acceptors (Lipinski definition) is 5. The van der Waals surface area contributed by atoms with Crippen molar-refractivity contribution in [1.82, 2.24) is 19.4 Å². The second-order valence-electron chi connectivity index (χ2n) is 16.2. The lowest BCUT2D eigenvalue weighted by Gasteiger charge is -2.62. The van der Waals surface area contributed by atoms with Gasteiger partial charge in [-0.25, -0.2) is 4.39 Å². The average Bonchev–Trinajstić information content (AvgIpc) is 3.31. The third-order valence-corrected chi connectivity index (χ3v) is 13.1. The Kier molecular flexibility index (Phi) is 15.3. The number of halogens is 4. The van der Waals surface area contributed by atoms with Crippen LogP contribution in [0.3, 0.4) is 0 Å². The summed E-state index contributed by atoms with van der Waals surface area (Å²) in [5, 5.41) is -16.4. The first kappa shape index (κ1) is 55.3. The van der Waals surface area contributed by atoms with Crippen molar-refractivity contribution >= 4 is 218 Å². The third kappa shape index (κ3) is 8.72. The van der Waals surface area contributed by atoms with Crippen LogP contribution in [-0.4, -0.2) is 206 Å². The highest BCUT2D eigenvalue weighted by Gasteiger charge is 2.57. The van der Waals surface area contributed by atoms with Crippen LogP contribution in [0.2, 0.25) is 5.21 Å². The Bertz CT molecular complexity index is 2660. The summed E-state index contributed by atoms with van der Waals surface area (Å²) >= 11 is 0.813. The average molecular weight is 863 g/mol. The fourth-order valence-electron chi connectivity index (χ4n) is 8.22. The number of amides is 1. The van der Waals surface area contributed by atoms with Crippen molar-refractivity contribution in [3.63, 3.8) is 0 Å². The Labute approximate surface area is 419 Å². The predicted molar refractivity (Wildman–Crippen MR) is 276 cm³/mol. The van der Waals surface area contributed by atoms with Gasteiger partial charge >= 0.3 is 6.18 Å². The summed E-state index contributed by atoms with van der Waals surface area (Å²) in [7, 11) is 130. The molecule has 6 nitrogen and oxygen atoms in total. The molecule has 5 rings (SSSR count). The number of hydrogen-bond donors (Lipinski definition) is 0. The van der Waals surface area contributed by atoms with E-state index in [0.717, 1.165) is 16.3 Å². The number of carbonyl (C=O) groups excluding carboxylic acids is 1. The summed E-state index contributed by atoms with van der Waals surface area (Å²) in [6.45, 7) is 2.20. The lowest BCUT2D eigenvalue weighted by molar-refractivity contribution is -0.137. The Morgan fingerprint density at radius 3 is 1.54 bits per heavy atom. The van der Waals surface area contributed by atoms with Gasteiger partial charge in [-0.15, -0.1) is 5.21 Å². The predicted octanol–water partition coefficient (Wildman–Crippen LogP) is -8.54.